The average molecular weight is 329 g/mol. The number of fused-ring (bicyclic) bond motifs is 1. The SMILES string of the molecule is CC(=O)N1CCc2cc(NCC(O)CO)cc(Br)c21. The molecule has 1 heterocycles. The second-order valence-electron chi connectivity index (χ2n) is 4.60. The Morgan fingerprint density at radius 3 is 2.95 bits per heavy atom. The van der Waals surface area contributed by atoms with E-state index in [1.807, 2.05) is 12.1 Å². The van der Waals surface area contributed by atoms with Gasteiger partial charge in [0, 0.05) is 30.2 Å². The first-order valence-electron chi connectivity index (χ1n) is 6.16. The fraction of sp³-hybridized carbons (Fsp3) is 0.462. The van der Waals surface area contributed by atoms with Crippen LogP contribution in [0, 0.1) is 0 Å². The highest BCUT2D eigenvalue weighted by atomic mass is 79.9. The van der Waals surface area contributed by atoms with Crippen molar-refractivity contribution in [2.45, 2.75) is 19.4 Å². The summed E-state index contributed by atoms with van der Waals surface area (Å²) in [6, 6.07) is 3.86. The molecule has 0 fully saturated rings. The van der Waals surface area contributed by atoms with Crippen molar-refractivity contribution >= 4 is 33.2 Å². The zero-order chi connectivity index (χ0) is 14.0. The highest BCUT2D eigenvalue weighted by Crippen LogP contribution is 2.38. The van der Waals surface area contributed by atoms with Crippen molar-refractivity contribution in [1.29, 1.82) is 0 Å². The molecule has 5 nitrogen and oxygen atoms in total. The number of nitrogens with zero attached hydrogens (tertiary/aromatic N) is 1. The van der Waals surface area contributed by atoms with E-state index in [-0.39, 0.29) is 19.1 Å². The van der Waals surface area contributed by atoms with E-state index in [0.717, 1.165) is 27.8 Å². The van der Waals surface area contributed by atoms with Crippen LogP contribution in [0.15, 0.2) is 16.6 Å². The van der Waals surface area contributed by atoms with Crippen LogP contribution in [0.25, 0.3) is 0 Å². The van der Waals surface area contributed by atoms with Crippen LogP contribution in [-0.4, -0.2) is 41.9 Å². The van der Waals surface area contributed by atoms with Gasteiger partial charge in [0.15, 0.2) is 0 Å². The predicted octanol–water partition coefficient (Wildman–Crippen LogP) is 1.12. The Bertz CT molecular complexity index is 493. The second kappa shape index (κ2) is 5.90. The van der Waals surface area contributed by atoms with E-state index < -0.39 is 6.10 Å². The van der Waals surface area contributed by atoms with Gasteiger partial charge in [0.25, 0.3) is 0 Å². The number of anilines is 2. The van der Waals surface area contributed by atoms with Crippen LogP contribution in [0.2, 0.25) is 0 Å². The molecule has 0 aromatic heterocycles. The number of amides is 1. The summed E-state index contributed by atoms with van der Waals surface area (Å²) in [7, 11) is 0. The Labute approximate surface area is 120 Å². The normalized spacial score (nSPS) is 15.3. The molecule has 0 aliphatic carbocycles. The minimum absolute atomic E-state index is 0.0378. The van der Waals surface area contributed by atoms with Crippen molar-refractivity contribution in [2.24, 2.45) is 0 Å². The van der Waals surface area contributed by atoms with Gasteiger partial charge in [-0.1, -0.05) is 0 Å². The zero-order valence-corrected chi connectivity index (χ0v) is 12.3. The van der Waals surface area contributed by atoms with Gasteiger partial charge in [-0.25, -0.2) is 0 Å². The summed E-state index contributed by atoms with van der Waals surface area (Å²) in [5.41, 5.74) is 2.90. The van der Waals surface area contributed by atoms with Gasteiger partial charge in [0.1, 0.15) is 0 Å². The number of nitrogens with one attached hydrogen (secondary N) is 1. The van der Waals surface area contributed by atoms with Gasteiger partial charge >= 0.3 is 0 Å². The molecule has 1 unspecified atom stereocenters. The topological polar surface area (TPSA) is 72.8 Å². The predicted molar refractivity (Wildman–Crippen MR) is 77.5 cm³/mol. The summed E-state index contributed by atoms with van der Waals surface area (Å²) in [5.74, 6) is 0.0378. The number of rotatable bonds is 4. The van der Waals surface area contributed by atoms with E-state index in [9.17, 15) is 9.90 Å². The molecule has 3 N–H and O–H groups in total. The Balaban J connectivity index is 2.19. The van der Waals surface area contributed by atoms with Crippen molar-refractivity contribution < 1.29 is 15.0 Å². The number of hydrogen-bond donors (Lipinski definition) is 3. The zero-order valence-electron chi connectivity index (χ0n) is 10.7. The molecule has 2 rings (SSSR count). The maximum Gasteiger partial charge on any atom is 0.223 e. The number of hydrogen-bond acceptors (Lipinski definition) is 4. The molecule has 1 aliphatic rings. The van der Waals surface area contributed by atoms with E-state index in [4.69, 9.17) is 5.11 Å². The first kappa shape index (κ1) is 14.3. The summed E-state index contributed by atoms with van der Waals surface area (Å²) in [6.45, 7) is 2.28. The van der Waals surface area contributed by atoms with Gasteiger partial charge in [-0.3, -0.25) is 4.79 Å². The monoisotopic (exact) mass is 328 g/mol. The third kappa shape index (κ3) is 3.08. The number of benzene rings is 1. The summed E-state index contributed by atoms with van der Waals surface area (Å²) in [6.07, 6.45) is 0.0479. The van der Waals surface area contributed by atoms with Crippen molar-refractivity contribution in [1.82, 2.24) is 0 Å². The van der Waals surface area contributed by atoms with Gasteiger partial charge < -0.3 is 20.4 Å². The third-order valence-corrected chi connectivity index (χ3v) is 3.75. The average Bonchev–Trinajstić information content (AvgIpc) is 2.80. The third-order valence-electron chi connectivity index (χ3n) is 3.15. The van der Waals surface area contributed by atoms with Gasteiger partial charge in [0.05, 0.1) is 18.4 Å². The van der Waals surface area contributed by atoms with Gasteiger partial charge in [0.2, 0.25) is 5.91 Å². The van der Waals surface area contributed by atoms with E-state index >= 15 is 0 Å². The molecule has 1 aromatic carbocycles. The quantitative estimate of drug-likeness (QED) is 0.774. The summed E-state index contributed by atoms with van der Waals surface area (Å²) >= 11 is 3.49. The molecule has 0 spiro atoms. The van der Waals surface area contributed by atoms with Crippen LogP contribution >= 0.6 is 15.9 Å². The number of halogens is 1. The lowest BCUT2D eigenvalue weighted by Crippen LogP contribution is -2.26. The van der Waals surface area contributed by atoms with Crippen LogP contribution in [-0.2, 0) is 11.2 Å². The van der Waals surface area contributed by atoms with Gasteiger partial charge in [-0.05, 0) is 40.0 Å². The fourth-order valence-electron chi connectivity index (χ4n) is 2.21. The van der Waals surface area contributed by atoms with Crippen LogP contribution in [0.4, 0.5) is 11.4 Å². The summed E-state index contributed by atoms with van der Waals surface area (Å²) < 4.78 is 0.860. The highest BCUT2D eigenvalue weighted by Gasteiger charge is 2.25. The molecular formula is C13H17BrN2O3. The van der Waals surface area contributed by atoms with E-state index in [2.05, 4.69) is 21.2 Å². The molecule has 1 aliphatic heterocycles. The molecule has 6 heteroatoms. The molecule has 0 saturated heterocycles. The molecule has 1 amide bonds. The van der Waals surface area contributed by atoms with Gasteiger partial charge in [-0.15, -0.1) is 0 Å². The molecular weight excluding hydrogens is 312 g/mol. The van der Waals surface area contributed by atoms with Crippen LogP contribution < -0.4 is 10.2 Å². The minimum Gasteiger partial charge on any atom is -0.394 e. The highest BCUT2D eigenvalue weighted by molar-refractivity contribution is 9.10. The first-order chi connectivity index (χ1) is 9.02. The van der Waals surface area contributed by atoms with E-state index in [1.165, 1.54) is 0 Å². The Hall–Kier alpha value is -1.11. The summed E-state index contributed by atoms with van der Waals surface area (Å²) in [4.78, 5) is 13.3. The fourth-order valence-corrected chi connectivity index (χ4v) is 2.93. The second-order valence-corrected chi connectivity index (χ2v) is 5.46. The smallest absolute Gasteiger partial charge is 0.223 e. The molecule has 0 saturated carbocycles. The molecule has 104 valence electrons. The lowest BCUT2D eigenvalue weighted by molar-refractivity contribution is -0.116. The number of aliphatic hydroxyl groups excluding tert-OH is 2. The Morgan fingerprint density at radius 1 is 1.58 bits per heavy atom. The van der Waals surface area contributed by atoms with Crippen molar-refractivity contribution in [3.05, 3.63) is 22.2 Å². The Kier molecular flexibility index (Phi) is 4.44. The molecule has 19 heavy (non-hydrogen) atoms. The van der Waals surface area contributed by atoms with Crippen molar-refractivity contribution in [3.63, 3.8) is 0 Å². The number of carbonyl (C=O) groups excluding carboxylic acids is 1. The Morgan fingerprint density at radius 2 is 2.32 bits per heavy atom. The lowest BCUT2D eigenvalue weighted by Gasteiger charge is -2.18. The number of carbonyl (C=O) groups is 1. The van der Waals surface area contributed by atoms with E-state index in [0.29, 0.717) is 6.54 Å². The molecule has 0 bridgehead atoms. The molecule has 1 atom stereocenters. The van der Waals surface area contributed by atoms with Crippen molar-refractivity contribution in [2.75, 3.05) is 29.9 Å². The molecule has 1 aromatic rings. The number of aliphatic hydroxyl groups is 2. The van der Waals surface area contributed by atoms with Gasteiger partial charge in [-0.2, -0.15) is 0 Å². The minimum atomic E-state index is -0.777. The molecule has 0 radical (unpaired) electrons. The first-order valence-corrected chi connectivity index (χ1v) is 6.95. The lowest BCUT2D eigenvalue weighted by atomic mass is 10.1. The standard InChI is InChI=1S/C13H17BrN2O3/c1-8(18)16-3-2-9-4-10(5-12(14)13(9)16)15-6-11(19)7-17/h4-5,11,15,17,19H,2-3,6-7H2,1H3. The maximum absolute atomic E-state index is 11.5. The maximum atomic E-state index is 11.5. The summed E-state index contributed by atoms with van der Waals surface area (Å²) in [5, 5.41) is 21.2. The van der Waals surface area contributed by atoms with Crippen LogP contribution in [0.3, 0.4) is 0 Å². The van der Waals surface area contributed by atoms with Crippen LogP contribution in [0.5, 0.6) is 0 Å². The largest absolute Gasteiger partial charge is 0.394 e. The van der Waals surface area contributed by atoms with Crippen molar-refractivity contribution in [3.8, 4) is 0 Å². The van der Waals surface area contributed by atoms with E-state index in [1.54, 1.807) is 11.8 Å². The van der Waals surface area contributed by atoms with Crippen LogP contribution in [0.1, 0.15) is 12.5 Å².